The molecule has 0 saturated carbocycles. The Labute approximate surface area is 157 Å². The molecule has 1 aliphatic rings. The molecule has 1 atom stereocenters. The largest absolute Gasteiger partial charge is 0.491 e. The minimum absolute atomic E-state index is 0.0131. The summed E-state index contributed by atoms with van der Waals surface area (Å²) < 4.78 is 19.2. The van der Waals surface area contributed by atoms with Crippen molar-refractivity contribution in [1.29, 1.82) is 0 Å². The highest BCUT2D eigenvalue weighted by atomic mass is 19.1. The molecule has 0 aliphatic carbocycles. The predicted molar refractivity (Wildman–Crippen MR) is 100 cm³/mol. The second-order valence-corrected chi connectivity index (χ2v) is 6.57. The Kier molecular flexibility index (Phi) is 5.59. The molecule has 6 nitrogen and oxygen atoms in total. The lowest BCUT2D eigenvalue weighted by molar-refractivity contribution is -0.127. The number of ether oxygens (including phenoxy) is 1. The van der Waals surface area contributed by atoms with E-state index in [1.54, 1.807) is 30.3 Å². The van der Waals surface area contributed by atoms with Gasteiger partial charge in [0.15, 0.2) is 0 Å². The van der Waals surface area contributed by atoms with Gasteiger partial charge in [-0.1, -0.05) is 18.2 Å². The number of carbonyl (C=O) groups excluding carboxylic acids is 2. The van der Waals surface area contributed by atoms with Crippen LogP contribution in [0.15, 0.2) is 48.5 Å². The van der Waals surface area contributed by atoms with Gasteiger partial charge in [0, 0.05) is 24.8 Å². The van der Waals surface area contributed by atoms with E-state index in [1.165, 1.54) is 23.1 Å². The van der Waals surface area contributed by atoms with E-state index in [2.05, 4.69) is 10.6 Å². The molecule has 1 aliphatic heterocycles. The van der Waals surface area contributed by atoms with Crippen LogP contribution in [0.3, 0.4) is 0 Å². The third-order valence-electron chi connectivity index (χ3n) is 4.09. The zero-order chi connectivity index (χ0) is 19.4. The molecule has 2 aromatic rings. The van der Waals surface area contributed by atoms with Gasteiger partial charge in [-0.2, -0.15) is 0 Å². The van der Waals surface area contributed by atoms with Gasteiger partial charge in [0.25, 0.3) is 0 Å². The molecule has 0 bridgehead atoms. The summed E-state index contributed by atoms with van der Waals surface area (Å²) in [7, 11) is 0. The van der Waals surface area contributed by atoms with Crippen molar-refractivity contribution < 1.29 is 18.7 Å². The van der Waals surface area contributed by atoms with Gasteiger partial charge in [-0.05, 0) is 43.7 Å². The molecular formula is C20H22FN3O3. The van der Waals surface area contributed by atoms with Gasteiger partial charge in [0.1, 0.15) is 17.6 Å². The predicted octanol–water partition coefficient (Wildman–Crippen LogP) is 3.32. The number of rotatable bonds is 4. The van der Waals surface area contributed by atoms with Crippen LogP contribution in [0.2, 0.25) is 0 Å². The van der Waals surface area contributed by atoms with Crippen LogP contribution in [0.25, 0.3) is 0 Å². The highest BCUT2D eigenvalue weighted by Crippen LogP contribution is 2.26. The molecule has 0 spiro atoms. The maximum Gasteiger partial charge on any atom is 0.322 e. The van der Waals surface area contributed by atoms with Gasteiger partial charge in [0.05, 0.1) is 6.10 Å². The summed E-state index contributed by atoms with van der Waals surface area (Å²) >= 11 is 0. The minimum atomic E-state index is -0.885. The molecule has 142 valence electrons. The first-order valence-electron chi connectivity index (χ1n) is 8.81. The van der Waals surface area contributed by atoms with E-state index in [9.17, 15) is 14.0 Å². The Morgan fingerprint density at radius 1 is 1.26 bits per heavy atom. The number of carbonyl (C=O) groups is 2. The van der Waals surface area contributed by atoms with Crippen molar-refractivity contribution in [3.63, 3.8) is 0 Å². The second-order valence-electron chi connectivity index (χ2n) is 6.57. The molecule has 0 aromatic heterocycles. The molecule has 7 heteroatoms. The van der Waals surface area contributed by atoms with E-state index < -0.39 is 17.9 Å². The Morgan fingerprint density at radius 2 is 2.04 bits per heavy atom. The van der Waals surface area contributed by atoms with Crippen molar-refractivity contribution >= 4 is 17.6 Å². The van der Waals surface area contributed by atoms with Gasteiger partial charge in [-0.15, -0.1) is 0 Å². The number of piperazine rings is 1. The Bertz CT molecular complexity index is 841. The first-order chi connectivity index (χ1) is 12.9. The quantitative estimate of drug-likeness (QED) is 0.866. The molecule has 1 fully saturated rings. The Hall–Kier alpha value is -3.09. The summed E-state index contributed by atoms with van der Waals surface area (Å²) in [6, 6.07) is 11.5. The lowest BCUT2D eigenvalue weighted by Crippen LogP contribution is -2.53. The average molecular weight is 371 g/mol. The van der Waals surface area contributed by atoms with Crippen LogP contribution in [-0.4, -0.2) is 36.0 Å². The number of anilines is 1. The van der Waals surface area contributed by atoms with Crippen LogP contribution in [0.5, 0.6) is 5.75 Å². The highest BCUT2D eigenvalue weighted by Gasteiger charge is 2.34. The van der Waals surface area contributed by atoms with Crippen LogP contribution < -0.4 is 15.4 Å². The Balaban J connectivity index is 1.80. The summed E-state index contributed by atoms with van der Waals surface area (Å²) in [6.45, 7) is 4.50. The van der Waals surface area contributed by atoms with Gasteiger partial charge in [-0.3, -0.25) is 4.79 Å². The normalized spacial score (nSPS) is 16.8. The van der Waals surface area contributed by atoms with E-state index in [1.807, 2.05) is 13.8 Å². The maximum atomic E-state index is 13.6. The van der Waals surface area contributed by atoms with E-state index in [4.69, 9.17) is 4.74 Å². The van der Waals surface area contributed by atoms with Crippen molar-refractivity contribution in [2.75, 3.05) is 18.4 Å². The number of halogens is 1. The van der Waals surface area contributed by atoms with Crippen molar-refractivity contribution in [2.45, 2.75) is 26.0 Å². The van der Waals surface area contributed by atoms with Crippen LogP contribution in [0, 0.1) is 5.82 Å². The number of urea groups is 1. The van der Waals surface area contributed by atoms with Crippen LogP contribution in [0.1, 0.15) is 25.5 Å². The lowest BCUT2D eigenvalue weighted by atomic mass is 10.0. The summed E-state index contributed by atoms with van der Waals surface area (Å²) in [5.74, 6) is -0.149. The number of hydrogen-bond donors (Lipinski definition) is 2. The number of nitrogens with zero attached hydrogens (tertiary/aromatic N) is 1. The SMILES string of the molecule is CC(C)Oc1cccc(NC(=O)N2CCNC(=O)C2c2cccc(F)c2)c1. The zero-order valence-corrected chi connectivity index (χ0v) is 15.2. The van der Waals surface area contributed by atoms with Gasteiger partial charge < -0.3 is 20.3 Å². The van der Waals surface area contributed by atoms with E-state index >= 15 is 0 Å². The minimum Gasteiger partial charge on any atom is -0.491 e. The molecular weight excluding hydrogens is 349 g/mol. The molecule has 1 saturated heterocycles. The van der Waals surface area contributed by atoms with Gasteiger partial charge >= 0.3 is 6.03 Å². The van der Waals surface area contributed by atoms with Crippen LogP contribution in [0.4, 0.5) is 14.9 Å². The standard InChI is InChI=1S/C20H22FN3O3/c1-13(2)27-17-8-4-7-16(12-17)23-20(26)24-10-9-22-19(25)18(24)14-5-3-6-15(21)11-14/h3-8,11-13,18H,9-10H2,1-2H3,(H,22,25)(H,23,26). The van der Waals surface area contributed by atoms with Gasteiger partial charge in [-0.25, -0.2) is 9.18 Å². The monoisotopic (exact) mass is 371 g/mol. The molecule has 27 heavy (non-hydrogen) atoms. The summed E-state index contributed by atoms with van der Waals surface area (Å²) in [5.41, 5.74) is 0.987. The molecule has 1 heterocycles. The third-order valence-corrected chi connectivity index (χ3v) is 4.09. The van der Waals surface area contributed by atoms with Crippen molar-refractivity contribution in [1.82, 2.24) is 10.2 Å². The van der Waals surface area contributed by atoms with E-state index in [0.29, 0.717) is 30.1 Å². The fraction of sp³-hybridized carbons (Fsp3) is 0.300. The highest BCUT2D eigenvalue weighted by molar-refractivity contribution is 5.95. The molecule has 3 rings (SSSR count). The summed E-state index contributed by atoms with van der Waals surface area (Å²) in [6.07, 6.45) is 0.0131. The molecule has 0 radical (unpaired) electrons. The summed E-state index contributed by atoms with van der Waals surface area (Å²) in [4.78, 5) is 26.6. The van der Waals surface area contributed by atoms with E-state index in [0.717, 1.165) is 0 Å². The first kappa shape index (κ1) is 18.7. The lowest BCUT2D eigenvalue weighted by Gasteiger charge is -2.35. The van der Waals surface area contributed by atoms with Crippen LogP contribution in [-0.2, 0) is 4.79 Å². The molecule has 1 unspecified atom stereocenters. The zero-order valence-electron chi connectivity index (χ0n) is 15.2. The third kappa shape index (κ3) is 4.55. The number of hydrogen-bond acceptors (Lipinski definition) is 3. The van der Waals surface area contributed by atoms with Crippen molar-refractivity contribution in [3.05, 3.63) is 59.9 Å². The second kappa shape index (κ2) is 8.07. The molecule has 2 aromatic carbocycles. The number of nitrogens with one attached hydrogen (secondary N) is 2. The number of amides is 3. The van der Waals surface area contributed by atoms with Gasteiger partial charge in [0.2, 0.25) is 5.91 Å². The fourth-order valence-electron chi connectivity index (χ4n) is 3.01. The maximum absolute atomic E-state index is 13.6. The first-order valence-corrected chi connectivity index (χ1v) is 8.81. The number of benzene rings is 2. The average Bonchev–Trinajstić information content (AvgIpc) is 2.61. The van der Waals surface area contributed by atoms with Crippen LogP contribution >= 0.6 is 0 Å². The topological polar surface area (TPSA) is 70.7 Å². The Morgan fingerprint density at radius 3 is 2.78 bits per heavy atom. The summed E-state index contributed by atoms with van der Waals surface area (Å²) in [5, 5.41) is 5.52. The fourth-order valence-corrected chi connectivity index (χ4v) is 3.01. The van der Waals surface area contributed by atoms with E-state index in [-0.39, 0.29) is 12.0 Å². The smallest absolute Gasteiger partial charge is 0.322 e. The molecule has 3 amide bonds. The molecule has 2 N–H and O–H groups in total. The van der Waals surface area contributed by atoms with Crippen molar-refractivity contribution in [3.8, 4) is 5.75 Å². The van der Waals surface area contributed by atoms with Crippen molar-refractivity contribution in [2.24, 2.45) is 0 Å².